The van der Waals surface area contributed by atoms with E-state index in [0.29, 0.717) is 41.4 Å². The van der Waals surface area contributed by atoms with Gasteiger partial charge in [-0.05, 0) is 38.5 Å². The van der Waals surface area contributed by atoms with Gasteiger partial charge >= 0.3 is 0 Å². The first-order chi connectivity index (χ1) is 19.5. The fourth-order valence-corrected chi connectivity index (χ4v) is 6.33. The predicted octanol–water partition coefficient (Wildman–Crippen LogP) is 1.01. The van der Waals surface area contributed by atoms with E-state index in [4.69, 9.17) is 9.68 Å². The third kappa shape index (κ3) is 5.26. The highest BCUT2D eigenvalue weighted by Gasteiger charge is 2.34. The number of sulfonamides is 1. The molecule has 2 aliphatic heterocycles. The molecule has 0 radical (unpaired) electrons. The molecule has 41 heavy (non-hydrogen) atoms. The summed E-state index contributed by atoms with van der Waals surface area (Å²) in [6, 6.07) is 4.42. The van der Waals surface area contributed by atoms with Crippen molar-refractivity contribution in [1.29, 1.82) is 0 Å². The SMILES string of the molecule is CCCc1nc(C)c2c(=O)[nH]c(-c3cc(S(=O)(=O)N4CCN(C(=O)C5=CN([O-])ON5C)CC4)ccc3OCC)nn12. The maximum Gasteiger partial charge on any atom is 0.277 e. The summed E-state index contributed by atoms with van der Waals surface area (Å²) in [5.74, 6) is 0.711. The number of hydrogen-bond donors (Lipinski definition) is 1. The first-order valence-electron chi connectivity index (χ1n) is 13.2. The van der Waals surface area contributed by atoms with Gasteiger partial charge in [0.15, 0.2) is 11.3 Å². The zero-order valence-electron chi connectivity index (χ0n) is 23.2. The molecule has 0 unspecified atom stereocenters. The quantitative estimate of drug-likeness (QED) is 0.399. The number of amides is 1. The molecular formula is C25H31N8O7S-. The molecule has 1 amide bonds. The minimum Gasteiger partial charge on any atom is -0.732 e. The highest BCUT2D eigenvalue weighted by molar-refractivity contribution is 7.89. The third-order valence-corrected chi connectivity index (χ3v) is 8.77. The molecule has 220 valence electrons. The zero-order chi connectivity index (χ0) is 29.5. The Kier molecular flexibility index (Phi) is 7.74. The minimum absolute atomic E-state index is 0.0114. The van der Waals surface area contributed by atoms with Crippen LogP contribution in [0.25, 0.3) is 16.9 Å². The van der Waals surface area contributed by atoms with Crippen LogP contribution >= 0.6 is 0 Å². The number of hydrogen-bond acceptors (Lipinski definition) is 11. The number of carbonyl (C=O) groups excluding carboxylic acids is 1. The van der Waals surface area contributed by atoms with E-state index in [0.717, 1.165) is 17.7 Å². The fourth-order valence-electron chi connectivity index (χ4n) is 4.88. The largest absolute Gasteiger partial charge is 0.732 e. The van der Waals surface area contributed by atoms with Gasteiger partial charge in [0.05, 0.1) is 22.8 Å². The second kappa shape index (κ2) is 11.1. The molecule has 0 bridgehead atoms. The van der Waals surface area contributed by atoms with Gasteiger partial charge in [0.2, 0.25) is 10.0 Å². The molecule has 16 heteroatoms. The summed E-state index contributed by atoms with van der Waals surface area (Å²) in [7, 11) is -2.55. The number of rotatable bonds is 8. The van der Waals surface area contributed by atoms with E-state index in [9.17, 15) is 23.2 Å². The topological polar surface area (TPSA) is 169 Å². The summed E-state index contributed by atoms with van der Waals surface area (Å²) >= 11 is 0. The average molecular weight is 588 g/mol. The number of aryl methyl sites for hydroxylation is 2. The molecule has 2 aromatic heterocycles. The molecule has 0 saturated carbocycles. The lowest BCUT2D eigenvalue weighted by atomic mass is 10.2. The van der Waals surface area contributed by atoms with Gasteiger partial charge in [-0.2, -0.15) is 9.24 Å². The lowest BCUT2D eigenvalue weighted by Crippen LogP contribution is -2.51. The van der Waals surface area contributed by atoms with Gasteiger partial charge in [0.1, 0.15) is 17.3 Å². The molecule has 0 spiro atoms. The molecule has 5 rings (SSSR count). The smallest absolute Gasteiger partial charge is 0.277 e. The number of nitrogens with zero attached hydrogens (tertiary/aromatic N) is 7. The highest BCUT2D eigenvalue weighted by Crippen LogP contribution is 2.32. The Morgan fingerprint density at radius 1 is 1.20 bits per heavy atom. The van der Waals surface area contributed by atoms with Crippen molar-refractivity contribution in [3.8, 4) is 17.1 Å². The minimum atomic E-state index is -3.98. The summed E-state index contributed by atoms with van der Waals surface area (Å²) in [5.41, 5.74) is 0.864. The number of hydroxylamine groups is 4. The number of benzene rings is 1. The Bertz CT molecular complexity index is 1670. The van der Waals surface area contributed by atoms with Gasteiger partial charge < -0.3 is 19.8 Å². The Morgan fingerprint density at radius 2 is 1.93 bits per heavy atom. The Hall–Kier alpha value is -3.99. The molecule has 0 atom stereocenters. The first kappa shape index (κ1) is 28.5. The van der Waals surface area contributed by atoms with Crippen LogP contribution in [0.5, 0.6) is 5.75 Å². The standard InChI is InChI=1S/C25H31N8O7S/c1-5-7-21-26-16(3)22-24(34)27-23(28-33(21)22)18-14-17(8-9-20(18)39-6-2)41(37,38)31-12-10-30(11-13-31)25(35)19-15-32(36)40-29(19)4/h8-9,14-15H,5-7,10-13H2,1-4H3,(H,27,28,34)/q-1. The average Bonchev–Trinajstić information content (AvgIpc) is 3.46. The van der Waals surface area contributed by atoms with Crippen molar-refractivity contribution in [2.45, 2.75) is 38.5 Å². The van der Waals surface area contributed by atoms with Crippen LogP contribution in [-0.4, -0.2) is 93.2 Å². The maximum absolute atomic E-state index is 13.7. The number of fused-ring (bicyclic) bond motifs is 1. The molecule has 1 saturated heterocycles. The second-order valence-corrected chi connectivity index (χ2v) is 11.5. The van der Waals surface area contributed by atoms with Gasteiger partial charge in [0.25, 0.3) is 11.5 Å². The van der Waals surface area contributed by atoms with Crippen molar-refractivity contribution in [3.63, 3.8) is 0 Å². The summed E-state index contributed by atoms with van der Waals surface area (Å²) in [5, 5.41) is 17.3. The summed E-state index contributed by atoms with van der Waals surface area (Å²) in [6.45, 7) is 6.19. The van der Waals surface area contributed by atoms with Crippen molar-refractivity contribution < 1.29 is 22.9 Å². The van der Waals surface area contributed by atoms with Crippen molar-refractivity contribution >= 4 is 21.4 Å². The van der Waals surface area contributed by atoms with Gasteiger partial charge in [-0.3, -0.25) is 14.8 Å². The van der Waals surface area contributed by atoms with E-state index in [1.54, 1.807) is 19.9 Å². The molecular weight excluding hydrogens is 556 g/mol. The maximum atomic E-state index is 13.7. The number of piperazine rings is 1. The van der Waals surface area contributed by atoms with Gasteiger partial charge in [-0.1, -0.05) is 6.92 Å². The zero-order valence-corrected chi connectivity index (χ0v) is 24.0. The number of aromatic amines is 1. The first-order valence-corrected chi connectivity index (χ1v) is 14.6. The molecule has 3 aromatic rings. The number of likely N-dealkylation sites (N-methyl/N-ethyl adjacent to an activating group) is 1. The van der Waals surface area contributed by atoms with Crippen LogP contribution in [0, 0.1) is 12.1 Å². The number of ether oxygens (including phenoxy) is 1. The van der Waals surface area contributed by atoms with E-state index in [1.165, 1.54) is 32.9 Å². The Balaban J connectivity index is 1.45. The Morgan fingerprint density at radius 3 is 2.56 bits per heavy atom. The van der Waals surface area contributed by atoms with Crippen molar-refractivity contribution in [2.75, 3.05) is 39.8 Å². The third-order valence-electron chi connectivity index (χ3n) is 6.88. The van der Waals surface area contributed by atoms with Crippen LogP contribution in [0.3, 0.4) is 0 Å². The van der Waals surface area contributed by atoms with E-state index < -0.39 is 21.5 Å². The number of imidazole rings is 1. The number of carbonyl (C=O) groups is 1. The second-order valence-electron chi connectivity index (χ2n) is 9.59. The van der Waals surface area contributed by atoms with Crippen molar-refractivity contribution in [2.24, 2.45) is 0 Å². The van der Waals surface area contributed by atoms with E-state index >= 15 is 0 Å². The normalized spacial score (nSPS) is 16.5. The molecule has 1 N–H and O–H groups in total. The lowest BCUT2D eigenvalue weighted by molar-refractivity contribution is -0.228. The highest BCUT2D eigenvalue weighted by atomic mass is 32.2. The predicted molar refractivity (Wildman–Crippen MR) is 146 cm³/mol. The summed E-state index contributed by atoms with van der Waals surface area (Å²) in [4.78, 5) is 39.3. The number of aromatic nitrogens is 4. The van der Waals surface area contributed by atoms with Crippen LogP contribution in [0.4, 0.5) is 0 Å². The van der Waals surface area contributed by atoms with Crippen LogP contribution in [0.15, 0.2) is 39.8 Å². The molecule has 15 nitrogen and oxygen atoms in total. The van der Waals surface area contributed by atoms with Gasteiger partial charge in [-0.25, -0.2) is 23.0 Å². The molecule has 0 aliphatic carbocycles. The summed E-state index contributed by atoms with van der Waals surface area (Å²) in [6.07, 6.45) is 2.44. The van der Waals surface area contributed by atoms with Crippen molar-refractivity contribution in [3.05, 3.63) is 57.2 Å². The van der Waals surface area contributed by atoms with Crippen LogP contribution in [0.2, 0.25) is 0 Å². The lowest BCUT2D eigenvalue weighted by Gasteiger charge is -2.34. The van der Waals surface area contributed by atoms with Gasteiger partial charge in [0, 0.05) is 45.8 Å². The monoisotopic (exact) mass is 587 g/mol. The van der Waals surface area contributed by atoms with Gasteiger partial charge in [-0.15, -0.1) is 5.10 Å². The fraction of sp³-hybridized carbons (Fsp3) is 0.440. The summed E-state index contributed by atoms with van der Waals surface area (Å²) < 4.78 is 35.9. The number of nitrogens with one attached hydrogen (secondary N) is 1. The van der Waals surface area contributed by atoms with Crippen LogP contribution in [-0.2, 0) is 26.2 Å². The van der Waals surface area contributed by atoms with E-state index in [-0.39, 0.29) is 47.8 Å². The molecule has 1 fully saturated rings. The Labute approximate surface area is 236 Å². The molecule has 1 aromatic carbocycles. The van der Waals surface area contributed by atoms with Crippen molar-refractivity contribution in [1.82, 2.24) is 39.1 Å². The number of H-pyrrole nitrogens is 1. The van der Waals surface area contributed by atoms with Crippen LogP contribution in [0.1, 0.15) is 31.8 Å². The van der Waals surface area contributed by atoms with E-state index in [2.05, 4.69) is 15.1 Å². The molecule has 4 heterocycles. The molecule has 2 aliphatic rings. The van der Waals surface area contributed by atoms with E-state index in [1.807, 2.05) is 6.92 Å². The van der Waals surface area contributed by atoms with Crippen LogP contribution < -0.4 is 10.3 Å².